The van der Waals surface area contributed by atoms with Crippen LogP contribution < -0.4 is 5.32 Å². The topological polar surface area (TPSA) is 29.9 Å². The van der Waals surface area contributed by atoms with Gasteiger partial charge in [-0.15, -0.1) is 0 Å². The summed E-state index contributed by atoms with van der Waals surface area (Å²) in [6.07, 6.45) is 3.06. The third-order valence-corrected chi connectivity index (χ3v) is 3.27. The average molecular weight is 243 g/mol. The fraction of sp³-hybridized carbons (Fsp3) is 0.400. The first kappa shape index (κ1) is 12.8. The molecular weight excluding hydrogens is 222 g/mol. The second-order valence-electron chi connectivity index (χ2n) is 4.62. The maximum Gasteiger partial charge on any atom is 0.0951 e. The molecule has 0 fully saturated rings. The Morgan fingerprint density at radius 3 is 2.61 bits per heavy atom. The highest BCUT2D eigenvalue weighted by Crippen LogP contribution is 2.04. The highest BCUT2D eigenvalue weighted by Gasteiger charge is 2.00. The summed E-state index contributed by atoms with van der Waals surface area (Å²) >= 11 is 0. The van der Waals surface area contributed by atoms with Crippen LogP contribution in [0.15, 0.2) is 36.7 Å². The second kappa shape index (κ2) is 6.36. The van der Waals surface area contributed by atoms with Gasteiger partial charge in [-0.05, 0) is 32.4 Å². The molecule has 0 radical (unpaired) electrons. The summed E-state index contributed by atoms with van der Waals surface area (Å²) in [5.41, 5.74) is 3.75. The monoisotopic (exact) mass is 243 g/mol. The van der Waals surface area contributed by atoms with Crippen LogP contribution >= 0.6 is 0 Å². The summed E-state index contributed by atoms with van der Waals surface area (Å²) in [6.45, 7) is 7.20. The Kier molecular flexibility index (Phi) is 4.53. The molecule has 18 heavy (non-hydrogen) atoms. The fourth-order valence-electron chi connectivity index (χ4n) is 1.97. The van der Waals surface area contributed by atoms with E-state index in [0.29, 0.717) is 0 Å². The Balaban J connectivity index is 1.66. The Labute approximate surface area is 109 Å². The first-order valence-electron chi connectivity index (χ1n) is 6.50. The van der Waals surface area contributed by atoms with Gasteiger partial charge in [0.1, 0.15) is 0 Å². The summed E-state index contributed by atoms with van der Waals surface area (Å²) < 4.78 is 2.22. The van der Waals surface area contributed by atoms with Gasteiger partial charge in [0.15, 0.2) is 0 Å². The smallest absolute Gasteiger partial charge is 0.0951 e. The third kappa shape index (κ3) is 3.44. The van der Waals surface area contributed by atoms with Crippen molar-refractivity contribution in [3.8, 4) is 0 Å². The van der Waals surface area contributed by atoms with Crippen LogP contribution in [0.3, 0.4) is 0 Å². The molecule has 0 atom stereocenters. The molecule has 3 heteroatoms. The molecule has 3 nitrogen and oxygen atoms in total. The van der Waals surface area contributed by atoms with Gasteiger partial charge in [0.05, 0.1) is 12.0 Å². The van der Waals surface area contributed by atoms with E-state index in [4.69, 9.17) is 0 Å². The summed E-state index contributed by atoms with van der Waals surface area (Å²) in [5, 5.41) is 3.46. The Bertz CT molecular complexity index is 474. The van der Waals surface area contributed by atoms with Crippen LogP contribution in [-0.4, -0.2) is 16.1 Å². The number of nitrogens with one attached hydrogen (secondary N) is 1. The molecule has 1 aromatic heterocycles. The third-order valence-electron chi connectivity index (χ3n) is 3.27. The molecule has 0 unspecified atom stereocenters. The van der Waals surface area contributed by atoms with E-state index < -0.39 is 0 Å². The quantitative estimate of drug-likeness (QED) is 0.791. The van der Waals surface area contributed by atoms with Crippen molar-refractivity contribution in [3.63, 3.8) is 0 Å². The predicted molar refractivity (Wildman–Crippen MR) is 74.5 cm³/mol. The lowest BCUT2D eigenvalue weighted by atomic mass is 10.2. The maximum absolute atomic E-state index is 4.31. The first-order valence-corrected chi connectivity index (χ1v) is 6.50. The van der Waals surface area contributed by atoms with Crippen molar-refractivity contribution >= 4 is 0 Å². The van der Waals surface area contributed by atoms with Gasteiger partial charge < -0.3 is 9.88 Å². The molecule has 0 spiro atoms. The van der Waals surface area contributed by atoms with E-state index in [1.165, 1.54) is 11.3 Å². The van der Waals surface area contributed by atoms with Crippen molar-refractivity contribution in [3.05, 3.63) is 53.6 Å². The number of rotatable bonds is 6. The highest BCUT2D eigenvalue weighted by molar-refractivity contribution is 5.14. The van der Waals surface area contributed by atoms with Crippen molar-refractivity contribution in [2.24, 2.45) is 0 Å². The number of benzene rings is 1. The Hall–Kier alpha value is -1.61. The summed E-state index contributed by atoms with van der Waals surface area (Å²) in [4.78, 5) is 4.31. The second-order valence-corrected chi connectivity index (χ2v) is 4.62. The van der Waals surface area contributed by atoms with Crippen molar-refractivity contribution in [1.29, 1.82) is 0 Å². The summed E-state index contributed by atoms with van der Waals surface area (Å²) in [5.74, 6) is 0. The van der Waals surface area contributed by atoms with E-state index in [-0.39, 0.29) is 0 Å². The number of aromatic nitrogens is 2. The van der Waals surface area contributed by atoms with Gasteiger partial charge in [0, 0.05) is 18.8 Å². The van der Waals surface area contributed by atoms with Gasteiger partial charge in [0.2, 0.25) is 0 Å². The predicted octanol–water partition coefficient (Wildman–Crippen LogP) is 2.68. The molecule has 1 N–H and O–H groups in total. The molecule has 1 heterocycles. The standard InChI is InChI=1S/C15H21N3/c1-13-14(2)18(12-17-13)10-6-9-16-11-15-7-4-3-5-8-15/h3-5,7-8,12,16H,6,9-11H2,1-2H3. The number of hydrogen-bond donors (Lipinski definition) is 1. The van der Waals surface area contributed by atoms with Crippen LogP contribution in [0, 0.1) is 13.8 Å². The molecule has 0 saturated heterocycles. The average Bonchev–Trinajstić information content (AvgIpc) is 2.71. The number of aryl methyl sites for hydroxylation is 2. The zero-order valence-electron chi connectivity index (χ0n) is 11.2. The van der Waals surface area contributed by atoms with E-state index >= 15 is 0 Å². The number of nitrogens with zero attached hydrogens (tertiary/aromatic N) is 2. The largest absolute Gasteiger partial charge is 0.335 e. The Morgan fingerprint density at radius 1 is 1.17 bits per heavy atom. The minimum Gasteiger partial charge on any atom is -0.335 e. The molecule has 96 valence electrons. The van der Waals surface area contributed by atoms with E-state index in [0.717, 1.165) is 31.7 Å². The van der Waals surface area contributed by atoms with Gasteiger partial charge in [-0.1, -0.05) is 30.3 Å². The lowest BCUT2D eigenvalue weighted by Crippen LogP contribution is -2.16. The zero-order valence-corrected chi connectivity index (χ0v) is 11.2. The minimum absolute atomic E-state index is 0.947. The molecule has 1 aromatic carbocycles. The van der Waals surface area contributed by atoms with Crippen LogP contribution in [0.2, 0.25) is 0 Å². The van der Waals surface area contributed by atoms with Gasteiger partial charge in [-0.3, -0.25) is 0 Å². The van der Waals surface area contributed by atoms with E-state index in [9.17, 15) is 0 Å². The van der Waals surface area contributed by atoms with Gasteiger partial charge in [0.25, 0.3) is 0 Å². The van der Waals surface area contributed by atoms with Crippen molar-refractivity contribution in [1.82, 2.24) is 14.9 Å². The SMILES string of the molecule is Cc1ncn(CCCNCc2ccccc2)c1C. The molecule has 0 aliphatic rings. The maximum atomic E-state index is 4.31. The van der Waals surface area contributed by atoms with Crippen LogP contribution in [0.4, 0.5) is 0 Å². The zero-order chi connectivity index (χ0) is 12.8. The molecule has 0 saturated carbocycles. The normalized spacial score (nSPS) is 10.8. The van der Waals surface area contributed by atoms with E-state index in [1.807, 2.05) is 12.4 Å². The lowest BCUT2D eigenvalue weighted by molar-refractivity contribution is 0.573. The minimum atomic E-state index is 0.947. The van der Waals surface area contributed by atoms with Gasteiger partial charge in [-0.2, -0.15) is 0 Å². The molecular formula is C15H21N3. The van der Waals surface area contributed by atoms with E-state index in [1.54, 1.807) is 0 Å². The van der Waals surface area contributed by atoms with Gasteiger partial charge in [-0.25, -0.2) is 4.98 Å². The van der Waals surface area contributed by atoms with Gasteiger partial charge >= 0.3 is 0 Å². The summed E-state index contributed by atoms with van der Waals surface area (Å²) in [6, 6.07) is 10.5. The Morgan fingerprint density at radius 2 is 1.94 bits per heavy atom. The fourth-order valence-corrected chi connectivity index (χ4v) is 1.97. The molecule has 0 bridgehead atoms. The van der Waals surface area contributed by atoms with Crippen LogP contribution in [0.1, 0.15) is 23.4 Å². The molecule has 2 rings (SSSR count). The molecule has 0 aliphatic carbocycles. The molecule has 0 amide bonds. The van der Waals surface area contributed by atoms with Crippen LogP contribution in [0.25, 0.3) is 0 Å². The number of imidazole rings is 1. The van der Waals surface area contributed by atoms with Crippen molar-refractivity contribution < 1.29 is 0 Å². The first-order chi connectivity index (χ1) is 8.77. The summed E-state index contributed by atoms with van der Waals surface area (Å²) in [7, 11) is 0. The lowest BCUT2D eigenvalue weighted by Gasteiger charge is -2.07. The van der Waals surface area contributed by atoms with Crippen molar-refractivity contribution in [2.75, 3.05) is 6.54 Å². The number of hydrogen-bond acceptors (Lipinski definition) is 2. The molecule has 0 aliphatic heterocycles. The van der Waals surface area contributed by atoms with Crippen LogP contribution in [0.5, 0.6) is 0 Å². The van der Waals surface area contributed by atoms with E-state index in [2.05, 4.69) is 53.0 Å². The van der Waals surface area contributed by atoms with Crippen LogP contribution in [-0.2, 0) is 13.1 Å². The molecule has 2 aromatic rings. The highest BCUT2D eigenvalue weighted by atomic mass is 15.1. The van der Waals surface area contributed by atoms with Crippen molar-refractivity contribution in [2.45, 2.75) is 33.4 Å².